The number of carbonyl (C=O) groups is 1. The fraction of sp³-hybridized carbons (Fsp3) is 0.875. The molecular formula is C24H40O6. The topological polar surface area (TPSA) is 74.2 Å². The zero-order valence-corrected chi connectivity index (χ0v) is 18.5. The van der Waals surface area contributed by atoms with Gasteiger partial charge >= 0.3 is 0 Å². The quantitative estimate of drug-likeness (QED) is 0.397. The minimum absolute atomic E-state index is 0.0405. The predicted octanol–water partition coefficient (Wildman–Crippen LogP) is 4.14. The van der Waals surface area contributed by atoms with Gasteiger partial charge in [0.1, 0.15) is 5.78 Å². The molecule has 2 aliphatic heterocycles. The van der Waals surface area contributed by atoms with E-state index in [1.165, 1.54) is 6.42 Å². The third kappa shape index (κ3) is 7.13. The van der Waals surface area contributed by atoms with Gasteiger partial charge < -0.3 is 24.1 Å². The lowest BCUT2D eigenvalue weighted by Gasteiger charge is -2.29. The van der Waals surface area contributed by atoms with Gasteiger partial charge in [0.05, 0.1) is 18.8 Å². The Labute approximate surface area is 181 Å². The molecule has 0 aromatic rings. The lowest BCUT2D eigenvalue weighted by atomic mass is 9.93. The lowest BCUT2D eigenvalue weighted by molar-refractivity contribution is -0.193. The Balaban J connectivity index is 1.64. The van der Waals surface area contributed by atoms with Gasteiger partial charge in [-0.05, 0) is 44.9 Å². The second-order valence-electron chi connectivity index (χ2n) is 8.86. The molecule has 6 nitrogen and oxygen atoms in total. The van der Waals surface area contributed by atoms with Crippen molar-refractivity contribution in [3.05, 3.63) is 12.2 Å². The highest BCUT2D eigenvalue weighted by Crippen LogP contribution is 2.35. The molecule has 30 heavy (non-hydrogen) atoms. The number of hydrogen-bond donors (Lipinski definition) is 1. The standard InChI is InChI=1S/C24H40O6/c1-2-3-4-9-18(29-23-10-5-7-14-27-23)12-13-19-20(17-25)21(26)16-22(19)30-24-11-6-8-15-28-24/h12-13,18-20,22-25H,2-11,14-17H2,1H3/t18?,19-,20-,22?,23?,24?/m1/s1. The SMILES string of the molecule is CCCCCC(C=C[C@H]1C(OC2CCCCO2)CC(=O)[C@@H]1CO)OC1CCCCO1. The first-order valence-corrected chi connectivity index (χ1v) is 12.1. The summed E-state index contributed by atoms with van der Waals surface area (Å²) in [5.74, 6) is -0.471. The van der Waals surface area contributed by atoms with Crippen LogP contribution in [0, 0.1) is 11.8 Å². The average Bonchev–Trinajstić information content (AvgIpc) is 3.07. The smallest absolute Gasteiger partial charge is 0.158 e. The Morgan fingerprint density at radius 1 is 1.10 bits per heavy atom. The van der Waals surface area contributed by atoms with Crippen molar-refractivity contribution in [2.24, 2.45) is 11.8 Å². The summed E-state index contributed by atoms with van der Waals surface area (Å²) in [6, 6.07) is 0. The van der Waals surface area contributed by atoms with Crippen LogP contribution in [0.3, 0.4) is 0 Å². The Morgan fingerprint density at radius 3 is 2.47 bits per heavy atom. The van der Waals surface area contributed by atoms with E-state index in [0.717, 1.165) is 64.4 Å². The molecule has 1 saturated carbocycles. The number of ketones is 1. The molecule has 6 heteroatoms. The highest BCUT2D eigenvalue weighted by atomic mass is 16.7. The maximum atomic E-state index is 12.5. The van der Waals surface area contributed by atoms with Crippen molar-refractivity contribution >= 4 is 5.78 Å². The van der Waals surface area contributed by atoms with Gasteiger partial charge in [-0.1, -0.05) is 38.3 Å². The normalized spacial score (nSPS) is 33.9. The van der Waals surface area contributed by atoms with Crippen molar-refractivity contribution in [1.29, 1.82) is 0 Å². The van der Waals surface area contributed by atoms with Crippen LogP contribution in [0.15, 0.2) is 12.2 Å². The molecule has 0 aromatic carbocycles. The summed E-state index contributed by atoms with van der Waals surface area (Å²) in [7, 11) is 0. The Bertz CT molecular complexity index is 524. The van der Waals surface area contributed by atoms with Gasteiger partial charge in [-0.3, -0.25) is 4.79 Å². The van der Waals surface area contributed by atoms with Crippen LogP contribution < -0.4 is 0 Å². The van der Waals surface area contributed by atoms with Crippen molar-refractivity contribution in [1.82, 2.24) is 0 Å². The van der Waals surface area contributed by atoms with E-state index in [1.807, 2.05) is 0 Å². The van der Waals surface area contributed by atoms with Gasteiger partial charge in [0.25, 0.3) is 0 Å². The minimum Gasteiger partial charge on any atom is -0.396 e. The van der Waals surface area contributed by atoms with E-state index in [2.05, 4.69) is 19.1 Å². The Morgan fingerprint density at radius 2 is 1.83 bits per heavy atom. The van der Waals surface area contributed by atoms with Crippen LogP contribution in [0.2, 0.25) is 0 Å². The number of rotatable bonds is 11. The second kappa shape index (κ2) is 12.9. The predicted molar refractivity (Wildman–Crippen MR) is 114 cm³/mol. The first-order valence-electron chi connectivity index (χ1n) is 12.1. The van der Waals surface area contributed by atoms with Crippen LogP contribution in [0.5, 0.6) is 0 Å². The average molecular weight is 425 g/mol. The number of hydrogen-bond acceptors (Lipinski definition) is 6. The fourth-order valence-electron chi connectivity index (χ4n) is 4.66. The van der Waals surface area contributed by atoms with E-state index < -0.39 is 5.92 Å². The maximum absolute atomic E-state index is 12.5. The Hall–Kier alpha value is -0.790. The van der Waals surface area contributed by atoms with Gasteiger partial charge in [0.15, 0.2) is 12.6 Å². The zero-order chi connectivity index (χ0) is 21.2. The highest BCUT2D eigenvalue weighted by Gasteiger charge is 2.42. The van der Waals surface area contributed by atoms with Crippen molar-refractivity contribution in [2.45, 2.75) is 102 Å². The molecular weight excluding hydrogens is 384 g/mol. The monoisotopic (exact) mass is 424 g/mol. The van der Waals surface area contributed by atoms with Crippen LogP contribution in [-0.2, 0) is 23.7 Å². The number of carbonyl (C=O) groups excluding carboxylic acids is 1. The third-order valence-electron chi connectivity index (χ3n) is 6.48. The molecule has 2 saturated heterocycles. The maximum Gasteiger partial charge on any atom is 0.158 e. The molecule has 2 heterocycles. The first kappa shape index (κ1) is 23.9. The molecule has 0 amide bonds. The summed E-state index contributed by atoms with van der Waals surface area (Å²) in [6.07, 6.45) is 14.4. The van der Waals surface area contributed by atoms with E-state index in [1.54, 1.807) is 0 Å². The summed E-state index contributed by atoms with van der Waals surface area (Å²) in [5, 5.41) is 9.84. The molecule has 0 bridgehead atoms. The van der Waals surface area contributed by atoms with Crippen molar-refractivity contribution in [3.63, 3.8) is 0 Å². The number of Topliss-reactive ketones (excluding diaryl/α,β-unsaturated/α-hetero) is 1. The molecule has 6 atom stereocenters. The van der Waals surface area contributed by atoms with Crippen molar-refractivity contribution in [2.75, 3.05) is 19.8 Å². The Kier molecular flexibility index (Phi) is 10.3. The largest absolute Gasteiger partial charge is 0.396 e. The first-order chi connectivity index (χ1) is 14.7. The van der Waals surface area contributed by atoms with E-state index in [0.29, 0.717) is 13.0 Å². The molecule has 1 N–H and O–H groups in total. The summed E-state index contributed by atoms with van der Waals surface area (Å²) in [6.45, 7) is 3.52. The van der Waals surface area contributed by atoms with Gasteiger partial charge in [-0.2, -0.15) is 0 Å². The fourth-order valence-corrected chi connectivity index (χ4v) is 4.66. The number of ether oxygens (including phenoxy) is 4. The number of aliphatic hydroxyl groups is 1. The van der Waals surface area contributed by atoms with Crippen LogP contribution in [0.1, 0.15) is 77.6 Å². The molecule has 3 fully saturated rings. The van der Waals surface area contributed by atoms with Crippen molar-refractivity contribution < 1.29 is 28.8 Å². The van der Waals surface area contributed by atoms with Gasteiger partial charge in [0.2, 0.25) is 0 Å². The molecule has 1 aliphatic carbocycles. The van der Waals surface area contributed by atoms with E-state index in [-0.39, 0.29) is 43.1 Å². The summed E-state index contributed by atoms with van der Waals surface area (Å²) in [4.78, 5) is 12.5. The molecule has 172 valence electrons. The van der Waals surface area contributed by atoms with E-state index in [9.17, 15) is 9.90 Å². The highest BCUT2D eigenvalue weighted by molar-refractivity contribution is 5.84. The molecule has 0 aromatic heterocycles. The number of aliphatic hydroxyl groups excluding tert-OH is 1. The molecule has 0 radical (unpaired) electrons. The van der Waals surface area contributed by atoms with Crippen LogP contribution in [0.25, 0.3) is 0 Å². The molecule has 3 aliphatic rings. The van der Waals surface area contributed by atoms with Gasteiger partial charge in [-0.25, -0.2) is 0 Å². The van der Waals surface area contributed by atoms with E-state index >= 15 is 0 Å². The molecule has 4 unspecified atom stereocenters. The lowest BCUT2D eigenvalue weighted by Crippen LogP contribution is -2.31. The summed E-state index contributed by atoms with van der Waals surface area (Å²) < 4.78 is 23.9. The van der Waals surface area contributed by atoms with Crippen molar-refractivity contribution in [3.8, 4) is 0 Å². The van der Waals surface area contributed by atoms with Crippen LogP contribution >= 0.6 is 0 Å². The van der Waals surface area contributed by atoms with Gasteiger partial charge in [0, 0.05) is 31.5 Å². The third-order valence-corrected chi connectivity index (χ3v) is 6.48. The number of unbranched alkanes of at least 4 members (excludes halogenated alkanes) is 2. The van der Waals surface area contributed by atoms with E-state index in [4.69, 9.17) is 18.9 Å². The molecule has 0 spiro atoms. The zero-order valence-electron chi connectivity index (χ0n) is 18.5. The second-order valence-corrected chi connectivity index (χ2v) is 8.86. The van der Waals surface area contributed by atoms with Crippen LogP contribution in [-0.4, -0.2) is 55.5 Å². The van der Waals surface area contributed by atoms with Crippen LogP contribution in [0.4, 0.5) is 0 Å². The molecule has 3 rings (SSSR count). The summed E-state index contributed by atoms with van der Waals surface area (Å²) >= 11 is 0. The van der Waals surface area contributed by atoms with Gasteiger partial charge in [-0.15, -0.1) is 0 Å². The minimum atomic E-state index is -0.405. The summed E-state index contributed by atoms with van der Waals surface area (Å²) in [5.41, 5.74) is 0.